The van der Waals surface area contributed by atoms with Crippen molar-refractivity contribution in [2.24, 2.45) is 28.6 Å². The van der Waals surface area contributed by atoms with Gasteiger partial charge in [-0.2, -0.15) is 8.42 Å². The Labute approximate surface area is 161 Å². The zero-order chi connectivity index (χ0) is 18.0. The molecule has 0 bridgehead atoms. The van der Waals surface area contributed by atoms with Crippen LogP contribution in [0.3, 0.4) is 0 Å². The molecule has 0 aliphatic heterocycles. The summed E-state index contributed by atoms with van der Waals surface area (Å²) in [6.45, 7) is 4.50. The summed E-state index contributed by atoms with van der Waals surface area (Å²) in [5.74, 6) is 2.10. The fraction of sp³-hybridized carbons (Fsp3) is 0.842. The molecular weight excluding hydrogens is 372 g/mol. The van der Waals surface area contributed by atoms with Crippen LogP contribution in [0, 0.1) is 28.6 Å². The van der Waals surface area contributed by atoms with E-state index < -0.39 is 16.5 Å². The van der Waals surface area contributed by atoms with Gasteiger partial charge in [-0.1, -0.05) is 25.5 Å². The predicted molar refractivity (Wildman–Crippen MR) is 100 cm³/mol. The Morgan fingerprint density at radius 3 is 2.37 bits per heavy atom. The number of hydrogen-bond donors (Lipinski definition) is 1. The fourth-order valence-corrected chi connectivity index (χ4v) is 7.16. The van der Waals surface area contributed by atoms with E-state index in [2.05, 4.69) is 19.9 Å². The zero-order valence-corrected chi connectivity index (χ0v) is 16.8. The van der Waals surface area contributed by atoms with Crippen LogP contribution in [0.15, 0.2) is 11.6 Å². The third-order valence-corrected chi connectivity index (χ3v) is 8.54. The third-order valence-electron chi connectivity index (χ3n) is 8.03. The normalized spacial score (nSPS) is 43.4. The molecule has 0 spiro atoms. The molecule has 27 heavy (non-hydrogen) atoms. The standard InChI is InChI=1S/C19H28O5S.2H2O/c1-18-9-7-13(24-25(21,22)23)11-12(18)3-4-14-15-5-6-17(20)19(15,2)10-8-16(14)18;;/h3,13-16H,4-11H2,1-2H3,(H,21,22,23);2*1H2/t13-,14?,15?,16?,18-,19-;;/m0../s1. The first-order chi connectivity index (χ1) is 11.6. The van der Waals surface area contributed by atoms with Gasteiger partial charge in [-0.25, -0.2) is 4.18 Å². The maximum atomic E-state index is 12.4. The smallest absolute Gasteiger partial charge is 0.397 e. The molecule has 0 aromatic heterocycles. The number of carbonyl (C=O) groups is 1. The molecule has 0 amide bonds. The minimum Gasteiger partial charge on any atom is -0.412 e. The average molecular weight is 405 g/mol. The molecule has 0 heterocycles. The van der Waals surface area contributed by atoms with E-state index in [4.69, 9.17) is 8.74 Å². The van der Waals surface area contributed by atoms with E-state index in [0.717, 1.165) is 38.5 Å². The topological polar surface area (TPSA) is 144 Å². The highest BCUT2D eigenvalue weighted by atomic mass is 32.3. The van der Waals surface area contributed by atoms with Crippen LogP contribution in [0.25, 0.3) is 0 Å². The Bertz CT molecular complexity index is 730. The highest BCUT2D eigenvalue weighted by Gasteiger charge is 2.58. The van der Waals surface area contributed by atoms with Crippen molar-refractivity contribution in [2.75, 3.05) is 0 Å². The van der Waals surface area contributed by atoms with Crippen molar-refractivity contribution in [1.82, 2.24) is 0 Å². The Balaban J connectivity index is 0.00000131. The lowest BCUT2D eigenvalue weighted by atomic mass is 9.48. The lowest BCUT2D eigenvalue weighted by Gasteiger charge is -2.56. The molecular formula is C19H32O7S. The van der Waals surface area contributed by atoms with Crippen LogP contribution in [-0.4, -0.2) is 35.8 Å². The summed E-state index contributed by atoms with van der Waals surface area (Å²) < 4.78 is 35.9. The molecule has 3 unspecified atom stereocenters. The van der Waals surface area contributed by atoms with Gasteiger partial charge in [0.1, 0.15) is 5.78 Å². The number of Topliss-reactive ketones (excluding diaryl/α,β-unsaturated/α-hetero) is 1. The van der Waals surface area contributed by atoms with E-state index in [-0.39, 0.29) is 21.8 Å². The van der Waals surface area contributed by atoms with Crippen molar-refractivity contribution in [3.8, 4) is 0 Å². The Kier molecular flexibility index (Phi) is 6.02. The van der Waals surface area contributed by atoms with Crippen molar-refractivity contribution in [2.45, 2.75) is 71.3 Å². The summed E-state index contributed by atoms with van der Waals surface area (Å²) in [4.78, 5) is 12.4. The maximum Gasteiger partial charge on any atom is 0.397 e. The van der Waals surface area contributed by atoms with Gasteiger partial charge >= 0.3 is 10.4 Å². The van der Waals surface area contributed by atoms with Crippen LogP contribution >= 0.6 is 0 Å². The Hall–Kier alpha value is -0.800. The van der Waals surface area contributed by atoms with E-state index in [1.165, 1.54) is 5.57 Å². The molecule has 7 nitrogen and oxygen atoms in total. The van der Waals surface area contributed by atoms with Crippen molar-refractivity contribution in [3.63, 3.8) is 0 Å². The second-order valence-corrected chi connectivity index (χ2v) is 10.1. The first-order valence-electron chi connectivity index (χ1n) is 9.52. The van der Waals surface area contributed by atoms with Gasteiger partial charge in [0.2, 0.25) is 0 Å². The SMILES string of the molecule is C[C@]12CC[C@H](OS(=O)(=O)O)CC1=CCC1C2CC[C@]2(C)C(=O)CCC12.O.O. The van der Waals surface area contributed by atoms with Crippen molar-refractivity contribution in [3.05, 3.63) is 11.6 Å². The van der Waals surface area contributed by atoms with Crippen molar-refractivity contribution in [1.29, 1.82) is 0 Å². The van der Waals surface area contributed by atoms with Crippen LogP contribution in [0.2, 0.25) is 0 Å². The number of hydrogen-bond acceptors (Lipinski definition) is 4. The summed E-state index contributed by atoms with van der Waals surface area (Å²) in [6, 6.07) is 0. The summed E-state index contributed by atoms with van der Waals surface area (Å²) in [7, 11) is -4.40. The van der Waals surface area contributed by atoms with Gasteiger partial charge in [-0.05, 0) is 68.1 Å². The predicted octanol–water partition coefficient (Wildman–Crippen LogP) is 2.06. The first-order valence-corrected chi connectivity index (χ1v) is 10.9. The number of fused-ring (bicyclic) bond motifs is 5. The van der Waals surface area contributed by atoms with Gasteiger partial charge in [-0.15, -0.1) is 0 Å². The second kappa shape index (κ2) is 7.22. The molecule has 8 heteroatoms. The molecule has 6 atom stereocenters. The van der Waals surface area contributed by atoms with Crippen LogP contribution in [0.4, 0.5) is 0 Å². The molecule has 3 fully saturated rings. The molecule has 3 saturated carbocycles. The highest BCUT2D eigenvalue weighted by molar-refractivity contribution is 7.80. The van der Waals surface area contributed by atoms with Gasteiger partial charge in [-0.3, -0.25) is 9.35 Å². The molecule has 0 aromatic carbocycles. The molecule has 0 saturated heterocycles. The lowest BCUT2D eigenvalue weighted by molar-refractivity contribution is -0.131. The lowest BCUT2D eigenvalue weighted by Crippen LogP contribution is -2.50. The first kappa shape index (κ1) is 22.5. The van der Waals surface area contributed by atoms with Gasteiger partial charge in [0, 0.05) is 11.8 Å². The van der Waals surface area contributed by atoms with Crippen LogP contribution in [0.5, 0.6) is 0 Å². The maximum absolute atomic E-state index is 12.4. The van der Waals surface area contributed by atoms with Crippen molar-refractivity contribution < 1.29 is 32.9 Å². The number of carbonyl (C=O) groups excluding carboxylic acids is 1. The fourth-order valence-electron chi connectivity index (χ4n) is 6.65. The molecule has 5 N–H and O–H groups in total. The summed E-state index contributed by atoms with van der Waals surface area (Å²) in [5.41, 5.74) is 1.25. The minimum absolute atomic E-state index is 0. The van der Waals surface area contributed by atoms with Crippen LogP contribution < -0.4 is 0 Å². The third kappa shape index (κ3) is 3.51. The second-order valence-electron chi connectivity index (χ2n) is 9.07. The van der Waals surface area contributed by atoms with E-state index >= 15 is 0 Å². The summed E-state index contributed by atoms with van der Waals surface area (Å²) >= 11 is 0. The van der Waals surface area contributed by atoms with Gasteiger partial charge in [0.15, 0.2) is 0 Å². The number of allylic oxidation sites excluding steroid dienone is 1. The average Bonchev–Trinajstić information content (AvgIpc) is 2.82. The van der Waals surface area contributed by atoms with Gasteiger partial charge in [0.05, 0.1) is 6.10 Å². The largest absolute Gasteiger partial charge is 0.412 e. The molecule has 4 rings (SSSR count). The van der Waals surface area contributed by atoms with E-state index in [1.54, 1.807) is 0 Å². The van der Waals surface area contributed by atoms with E-state index in [1.807, 2.05) is 0 Å². The molecule has 4 aliphatic rings. The molecule has 156 valence electrons. The quantitative estimate of drug-likeness (QED) is 0.553. The zero-order valence-electron chi connectivity index (χ0n) is 16.0. The highest BCUT2D eigenvalue weighted by Crippen LogP contribution is 2.64. The van der Waals surface area contributed by atoms with Crippen LogP contribution in [0.1, 0.15) is 65.2 Å². The van der Waals surface area contributed by atoms with Crippen molar-refractivity contribution >= 4 is 16.2 Å². The Morgan fingerprint density at radius 2 is 1.70 bits per heavy atom. The number of ketones is 1. The van der Waals surface area contributed by atoms with Gasteiger partial charge in [0.25, 0.3) is 0 Å². The molecule has 4 aliphatic carbocycles. The minimum atomic E-state index is -4.40. The van der Waals surface area contributed by atoms with Crippen LogP contribution in [-0.2, 0) is 19.4 Å². The van der Waals surface area contributed by atoms with E-state index in [0.29, 0.717) is 36.4 Å². The van der Waals surface area contributed by atoms with Gasteiger partial charge < -0.3 is 11.0 Å². The Morgan fingerprint density at radius 1 is 1.07 bits per heavy atom. The van der Waals surface area contributed by atoms with E-state index in [9.17, 15) is 13.2 Å². The molecule has 0 radical (unpaired) electrons. The molecule has 0 aromatic rings. The summed E-state index contributed by atoms with van der Waals surface area (Å²) in [5, 5.41) is 0. The summed E-state index contributed by atoms with van der Waals surface area (Å²) in [6.07, 6.45) is 8.79. The monoisotopic (exact) mass is 404 g/mol. The number of rotatable bonds is 2.